The van der Waals surface area contributed by atoms with E-state index in [4.69, 9.17) is 0 Å². The molecule has 0 aliphatic rings. The second-order valence-corrected chi connectivity index (χ2v) is 4.61. The van der Waals surface area contributed by atoms with Crippen molar-refractivity contribution in [2.45, 2.75) is 46.6 Å². The molecule has 0 saturated carbocycles. The lowest BCUT2D eigenvalue weighted by atomic mass is 9.84. The van der Waals surface area contributed by atoms with Gasteiger partial charge in [-0.15, -0.1) is 6.58 Å². The smallest absolute Gasteiger partial charge is 0.0748 e. The molecule has 0 rings (SSSR count). The Kier molecular flexibility index (Phi) is 6.06. The lowest BCUT2D eigenvalue weighted by molar-refractivity contribution is 0.112. The minimum Gasteiger partial charge on any atom is -0.389 e. The Labute approximate surface area is 82.9 Å². The first kappa shape index (κ1) is 12.7. The number of aliphatic hydroxyl groups excluding tert-OH is 1. The van der Waals surface area contributed by atoms with E-state index in [-0.39, 0.29) is 6.10 Å². The van der Waals surface area contributed by atoms with Gasteiger partial charge in [0.2, 0.25) is 0 Å². The molecular weight excluding hydrogens is 160 g/mol. The maximum Gasteiger partial charge on any atom is 0.0748 e. The molecule has 1 N–H and O–H groups in total. The Bertz CT molecular complexity index is 138. The van der Waals surface area contributed by atoms with Gasteiger partial charge in [0.05, 0.1) is 6.10 Å². The molecule has 78 valence electrons. The molecule has 13 heavy (non-hydrogen) atoms. The Balaban J connectivity index is 4.02. The fourth-order valence-electron chi connectivity index (χ4n) is 1.60. The van der Waals surface area contributed by atoms with Crippen molar-refractivity contribution in [3.63, 3.8) is 0 Å². The van der Waals surface area contributed by atoms with Gasteiger partial charge >= 0.3 is 0 Å². The zero-order chi connectivity index (χ0) is 10.4. The zero-order valence-corrected chi connectivity index (χ0v) is 9.46. The Morgan fingerprint density at radius 3 is 2.00 bits per heavy atom. The van der Waals surface area contributed by atoms with E-state index >= 15 is 0 Å². The quantitative estimate of drug-likeness (QED) is 0.628. The summed E-state index contributed by atoms with van der Waals surface area (Å²) in [6.07, 6.45) is 3.61. The predicted molar refractivity (Wildman–Crippen MR) is 58.6 cm³/mol. The molecule has 0 aliphatic carbocycles. The lowest BCUT2D eigenvalue weighted by Gasteiger charge is -2.24. The third kappa shape index (κ3) is 5.09. The highest BCUT2D eigenvalue weighted by molar-refractivity contribution is 4.85. The summed E-state index contributed by atoms with van der Waals surface area (Å²) in [5.74, 6) is 1.63. The van der Waals surface area contributed by atoms with Crippen molar-refractivity contribution in [1.29, 1.82) is 0 Å². The van der Waals surface area contributed by atoms with Gasteiger partial charge < -0.3 is 5.11 Å². The van der Waals surface area contributed by atoms with Gasteiger partial charge in [0.15, 0.2) is 0 Å². The third-order valence-corrected chi connectivity index (χ3v) is 2.61. The Morgan fingerprint density at radius 2 is 1.69 bits per heavy atom. The van der Waals surface area contributed by atoms with E-state index in [2.05, 4.69) is 34.3 Å². The molecule has 0 heterocycles. The fourth-order valence-corrected chi connectivity index (χ4v) is 1.60. The van der Waals surface area contributed by atoms with Crippen molar-refractivity contribution in [3.05, 3.63) is 12.7 Å². The molecule has 1 nitrogen and oxygen atoms in total. The molecule has 0 saturated heterocycles. The molecule has 0 aliphatic heterocycles. The largest absolute Gasteiger partial charge is 0.389 e. The van der Waals surface area contributed by atoms with Gasteiger partial charge in [-0.3, -0.25) is 0 Å². The fraction of sp³-hybridized carbons (Fsp3) is 0.833. The van der Waals surface area contributed by atoms with E-state index in [1.165, 1.54) is 6.42 Å². The van der Waals surface area contributed by atoms with Gasteiger partial charge in [-0.2, -0.15) is 0 Å². The van der Waals surface area contributed by atoms with Crippen LogP contribution in [-0.2, 0) is 0 Å². The van der Waals surface area contributed by atoms with Crippen molar-refractivity contribution < 1.29 is 5.11 Å². The first-order chi connectivity index (χ1) is 5.99. The number of hydrogen-bond donors (Lipinski definition) is 1. The third-order valence-electron chi connectivity index (χ3n) is 2.61. The van der Waals surface area contributed by atoms with Crippen molar-refractivity contribution in [2.75, 3.05) is 0 Å². The van der Waals surface area contributed by atoms with Gasteiger partial charge in [-0.05, 0) is 24.2 Å². The maximum atomic E-state index is 9.68. The molecule has 0 fully saturated rings. The Hall–Kier alpha value is -0.300. The first-order valence-corrected chi connectivity index (χ1v) is 5.29. The highest BCUT2D eigenvalue weighted by atomic mass is 16.3. The summed E-state index contributed by atoms with van der Waals surface area (Å²) in [6.45, 7) is 12.4. The second kappa shape index (κ2) is 6.20. The second-order valence-electron chi connectivity index (χ2n) is 4.61. The highest BCUT2D eigenvalue weighted by Crippen LogP contribution is 2.23. The SMILES string of the molecule is C=C[C@@H](O)[C@@H](CCC(C)C)C(C)C. The van der Waals surface area contributed by atoms with Crippen LogP contribution in [-0.4, -0.2) is 11.2 Å². The number of hydrogen-bond acceptors (Lipinski definition) is 1. The summed E-state index contributed by atoms with van der Waals surface area (Å²) < 4.78 is 0. The monoisotopic (exact) mass is 184 g/mol. The highest BCUT2D eigenvalue weighted by Gasteiger charge is 2.19. The molecule has 0 unspecified atom stereocenters. The van der Waals surface area contributed by atoms with E-state index in [1.54, 1.807) is 6.08 Å². The van der Waals surface area contributed by atoms with Gasteiger partial charge in [-0.25, -0.2) is 0 Å². The van der Waals surface area contributed by atoms with Crippen LogP contribution in [0.4, 0.5) is 0 Å². The molecule has 2 atom stereocenters. The van der Waals surface area contributed by atoms with Crippen molar-refractivity contribution in [3.8, 4) is 0 Å². The molecule has 0 aromatic heterocycles. The summed E-state index contributed by atoms with van der Waals surface area (Å²) in [5.41, 5.74) is 0. The molecule has 1 heteroatoms. The molecule has 0 aromatic rings. The minimum absolute atomic E-state index is 0.334. The van der Waals surface area contributed by atoms with Crippen molar-refractivity contribution >= 4 is 0 Å². The van der Waals surface area contributed by atoms with Crippen LogP contribution in [0.25, 0.3) is 0 Å². The van der Waals surface area contributed by atoms with Gasteiger partial charge in [-0.1, -0.05) is 40.2 Å². The van der Waals surface area contributed by atoms with E-state index in [0.717, 1.165) is 12.3 Å². The van der Waals surface area contributed by atoms with Gasteiger partial charge in [0.1, 0.15) is 0 Å². The van der Waals surface area contributed by atoms with Crippen LogP contribution in [0.5, 0.6) is 0 Å². The normalized spacial score (nSPS) is 16.2. The summed E-state index contributed by atoms with van der Waals surface area (Å²) in [6, 6.07) is 0. The molecule has 0 spiro atoms. The van der Waals surface area contributed by atoms with Gasteiger partial charge in [0.25, 0.3) is 0 Å². The van der Waals surface area contributed by atoms with Crippen molar-refractivity contribution in [1.82, 2.24) is 0 Å². The van der Waals surface area contributed by atoms with E-state index in [1.807, 2.05) is 0 Å². The Morgan fingerprint density at radius 1 is 1.15 bits per heavy atom. The number of aliphatic hydroxyl groups is 1. The molecule has 0 aromatic carbocycles. The van der Waals surface area contributed by atoms with E-state index in [9.17, 15) is 5.11 Å². The number of rotatable bonds is 6. The molecule has 0 amide bonds. The van der Waals surface area contributed by atoms with E-state index in [0.29, 0.717) is 11.8 Å². The molecule has 0 radical (unpaired) electrons. The van der Waals surface area contributed by atoms with Crippen LogP contribution in [0.1, 0.15) is 40.5 Å². The van der Waals surface area contributed by atoms with Crippen LogP contribution in [0.3, 0.4) is 0 Å². The molecule has 0 bridgehead atoms. The van der Waals surface area contributed by atoms with E-state index < -0.39 is 0 Å². The topological polar surface area (TPSA) is 20.2 Å². The average Bonchev–Trinajstić information content (AvgIpc) is 2.03. The van der Waals surface area contributed by atoms with Crippen LogP contribution in [0.15, 0.2) is 12.7 Å². The summed E-state index contributed by atoms with van der Waals surface area (Å²) >= 11 is 0. The first-order valence-electron chi connectivity index (χ1n) is 5.29. The van der Waals surface area contributed by atoms with Crippen LogP contribution >= 0.6 is 0 Å². The predicted octanol–water partition coefficient (Wildman–Crippen LogP) is 3.24. The van der Waals surface area contributed by atoms with Crippen molar-refractivity contribution in [2.24, 2.45) is 17.8 Å². The molecular formula is C12H24O. The standard InChI is InChI=1S/C12H24O/c1-6-12(13)11(10(4)5)8-7-9(2)3/h6,9-13H,1,7-8H2,2-5H3/t11-,12+/m0/s1. The summed E-state index contributed by atoms with van der Waals surface area (Å²) in [4.78, 5) is 0. The minimum atomic E-state index is -0.334. The summed E-state index contributed by atoms with van der Waals surface area (Å²) in [7, 11) is 0. The van der Waals surface area contributed by atoms with Crippen LogP contribution in [0, 0.1) is 17.8 Å². The maximum absolute atomic E-state index is 9.68. The summed E-state index contributed by atoms with van der Waals surface area (Å²) in [5, 5.41) is 9.68. The lowest BCUT2D eigenvalue weighted by Crippen LogP contribution is -2.23. The van der Waals surface area contributed by atoms with Gasteiger partial charge in [0, 0.05) is 0 Å². The van der Waals surface area contributed by atoms with Crippen LogP contribution < -0.4 is 0 Å². The van der Waals surface area contributed by atoms with Crippen LogP contribution in [0.2, 0.25) is 0 Å². The average molecular weight is 184 g/mol. The zero-order valence-electron chi connectivity index (χ0n) is 9.46.